The van der Waals surface area contributed by atoms with Gasteiger partial charge in [0.1, 0.15) is 17.9 Å². The summed E-state index contributed by atoms with van der Waals surface area (Å²) in [6, 6.07) is 6.22. The predicted octanol–water partition coefficient (Wildman–Crippen LogP) is 2.99. The van der Waals surface area contributed by atoms with Gasteiger partial charge in [0.2, 0.25) is 17.7 Å². The monoisotopic (exact) mass is 554 g/mol. The van der Waals surface area contributed by atoms with E-state index in [0.29, 0.717) is 12.8 Å². The second-order valence-electron chi connectivity index (χ2n) is 11.3. The molecular weight excluding hydrogens is 516 g/mol. The van der Waals surface area contributed by atoms with Crippen molar-refractivity contribution in [2.75, 3.05) is 6.54 Å². The Balaban J connectivity index is 1.41. The number of ketones is 1. The number of aryl methyl sites for hydroxylation is 1. The smallest absolute Gasteiger partial charge is 0.245 e. The summed E-state index contributed by atoms with van der Waals surface area (Å²) < 4.78 is 0. The molecule has 2 fully saturated rings. The molecule has 1 aliphatic heterocycles. The summed E-state index contributed by atoms with van der Waals surface area (Å²) >= 11 is 1.58. The Hall–Kier alpha value is -3.11. The highest BCUT2D eigenvalue weighted by Crippen LogP contribution is 2.41. The van der Waals surface area contributed by atoms with Crippen molar-refractivity contribution in [1.29, 1.82) is 0 Å². The molecule has 1 aliphatic carbocycles. The largest absolute Gasteiger partial charge is 0.391 e. The second kappa shape index (κ2) is 12.0. The molecule has 1 aromatic heterocycles. The van der Waals surface area contributed by atoms with E-state index in [1.165, 1.54) is 4.90 Å². The number of carbonyl (C=O) groups is 4. The third-order valence-corrected chi connectivity index (χ3v) is 8.81. The number of nitrogens with zero attached hydrogens (tertiary/aromatic N) is 2. The van der Waals surface area contributed by atoms with Crippen LogP contribution in [0.25, 0.3) is 10.4 Å². The normalized spacial score (nSPS) is 21.0. The van der Waals surface area contributed by atoms with Crippen molar-refractivity contribution in [2.24, 2.45) is 11.3 Å². The Morgan fingerprint density at radius 2 is 1.90 bits per heavy atom. The van der Waals surface area contributed by atoms with Gasteiger partial charge < -0.3 is 20.6 Å². The van der Waals surface area contributed by atoms with Crippen LogP contribution in [-0.2, 0) is 25.7 Å². The maximum atomic E-state index is 13.7. The summed E-state index contributed by atoms with van der Waals surface area (Å²) in [6.07, 6.45) is 0.604. The van der Waals surface area contributed by atoms with E-state index < -0.39 is 23.6 Å². The summed E-state index contributed by atoms with van der Waals surface area (Å²) in [5.41, 5.74) is 4.01. The molecule has 3 amide bonds. The Morgan fingerprint density at radius 3 is 2.46 bits per heavy atom. The van der Waals surface area contributed by atoms with Gasteiger partial charge in [-0.25, -0.2) is 4.98 Å². The van der Waals surface area contributed by atoms with E-state index in [4.69, 9.17) is 0 Å². The van der Waals surface area contributed by atoms with E-state index in [2.05, 4.69) is 15.6 Å². The van der Waals surface area contributed by atoms with Gasteiger partial charge in [-0.15, -0.1) is 11.3 Å². The number of aromatic nitrogens is 1. The van der Waals surface area contributed by atoms with E-state index in [-0.39, 0.29) is 61.8 Å². The fourth-order valence-corrected chi connectivity index (χ4v) is 6.26. The Kier molecular flexibility index (Phi) is 8.86. The number of hydrogen-bond donors (Lipinski definition) is 3. The van der Waals surface area contributed by atoms with Crippen molar-refractivity contribution >= 4 is 34.8 Å². The molecule has 4 rings (SSSR count). The molecule has 0 radical (unpaired) electrons. The first-order valence-electron chi connectivity index (χ1n) is 13.6. The Labute approximate surface area is 233 Å². The van der Waals surface area contributed by atoms with Crippen molar-refractivity contribution in [3.05, 3.63) is 41.0 Å². The van der Waals surface area contributed by atoms with Gasteiger partial charge in [0.25, 0.3) is 0 Å². The summed E-state index contributed by atoms with van der Waals surface area (Å²) in [6.45, 7) is 8.07. The number of likely N-dealkylation sites (tertiary alicyclic amines) is 1. The topological polar surface area (TPSA) is 129 Å². The fraction of sp³-hybridized carbons (Fsp3) is 0.552. The molecule has 2 heterocycles. The molecule has 0 bridgehead atoms. The SMILES string of the molecule is CCC1(C(=O)NC(CC(C)C)C(=O)N2CC(O)CC2C(=O)NCc2ccc(-c3scnc3C)cc2)CC(=O)C1. The first-order valence-corrected chi connectivity index (χ1v) is 14.5. The van der Waals surface area contributed by atoms with Crippen molar-refractivity contribution in [3.63, 3.8) is 0 Å². The molecule has 3 N–H and O–H groups in total. The minimum Gasteiger partial charge on any atom is -0.391 e. The lowest BCUT2D eigenvalue weighted by atomic mass is 9.65. The number of rotatable bonds is 10. The van der Waals surface area contributed by atoms with E-state index in [1.807, 2.05) is 57.5 Å². The van der Waals surface area contributed by atoms with Crippen molar-refractivity contribution in [1.82, 2.24) is 20.5 Å². The van der Waals surface area contributed by atoms with E-state index in [9.17, 15) is 24.3 Å². The predicted molar refractivity (Wildman–Crippen MR) is 149 cm³/mol. The lowest BCUT2D eigenvalue weighted by Crippen LogP contribution is -2.58. The first-order chi connectivity index (χ1) is 18.5. The van der Waals surface area contributed by atoms with Crippen LogP contribution in [0.2, 0.25) is 0 Å². The maximum absolute atomic E-state index is 13.7. The highest BCUT2D eigenvalue weighted by molar-refractivity contribution is 7.13. The number of β-amino-alcohol motifs (C(OH)–C–C–N with tert-alkyl or cyclic N) is 1. The van der Waals surface area contributed by atoms with Crippen LogP contribution in [0.1, 0.15) is 64.1 Å². The van der Waals surface area contributed by atoms with E-state index >= 15 is 0 Å². The van der Waals surface area contributed by atoms with Gasteiger partial charge in [-0.1, -0.05) is 45.0 Å². The zero-order valence-electron chi connectivity index (χ0n) is 23.0. The molecule has 9 nitrogen and oxygen atoms in total. The van der Waals surface area contributed by atoms with Gasteiger partial charge in [0.05, 0.1) is 27.6 Å². The van der Waals surface area contributed by atoms with Crippen molar-refractivity contribution in [3.8, 4) is 10.4 Å². The van der Waals surface area contributed by atoms with Crippen LogP contribution in [0, 0.1) is 18.3 Å². The molecule has 210 valence electrons. The Morgan fingerprint density at radius 1 is 1.21 bits per heavy atom. The molecule has 1 aromatic carbocycles. The lowest BCUT2D eigenvalue weighted by molar-refractivity contribution is -0.150. The van der Waals surface area contributed by atoms with Gasteiger partial charge in [-0.05, 0) is 36.8 Å². The van der Waals surface area contributed by atoms with Crippen LogP contribution in [-0.4, -0.2) is 63.2 Å². The van der Waals surface area contributed by atoms with Gasteiger partial charge >= 0.3 is 0 Å². The molecule has 1 saturated carbocycles. The highest BCUT2D eigenvalue weighted by atomic mass is 32.1. The van der Waals surface area contributed by atoms with E-state index in [1.54, 1.807) is 11.3 Å². The summed E-state index contributed by atoms with van der Waals surface area (Å²) in [5.74, 6) is -0.856. The number of carbonyl (C=O) groups excluding carboxylic acids is 4. The van der Waals surface area contributed by atoms with Crippen LogP contribution < -0.4 is 10.6 Å². The number of aliphatic hydroxyl groups excluding tert-OH is 1. The van der Waals surface area contributed by atoms with E-state index in [0.717, 1.165) is 21.7 Å². The minimum atomic E-state index is -0.833. The average molecular weight is 555 g/mol. The Bertz CT molecular complexity index is 1220. The maximum Gasteiger partial charge on any atom is 0.245 e. The molecule has 39 heavy (non-hydrogen) atoms. The quantitative estimate of drug-likeness (QED) is 0.414. The van der Waals surface area contributed by atoms with Gasteiger partial charge in [-0.3, -0.25) is 19.2 Å². The molecular formula is C29H38N4O5S. The fourth-order valence-electron chi connectivity index (χ4n) is 5.44. The number of benzene rings is 1. The van der Waals surface area contributed by atoms with Crippen molar-refractivity contribution in [2.45, 2.75) is 84.5 Å². The third kappa shape index (κ3) is 6.38. The second-order valence-corrected chi connectivity index (χ2v) is 12.1. The summed E-state index contributed by atoms with van der Waals surface area (Å²) in [7, 11) is 0. The average Bonchev–Trinajstić information content (AvgIpc) is 3.49. The molecule has 0 spiro atoms. The number of hydrogen-bond acceptors (Lipinski definition) is 7. The summed E-state index contributed by atoms with van der Waals surface area (Å²) in [5, 5.41) is 16.2. The van der Waals surface area contributed by atoms with Gasteiger partial charge in [-0.2, -0.15) is 0 Å². The molecule has 3 unspecified atom stereocenters. The number of nitrogens with one attached hydrogen (secondary N) is 2. The van der Waals surface area contributed by atoms with Crippen molar-refractivity contribution < 1.29 is 24.3 Å². The number of amides is 3. The number of Topliss-reactive ketones (excluding diaryl/α,β-unsaturated/α-hetero) is 1. The number of aliphatic hydroxyl groups is 1. The van der Waals surface area contributed by atoms with Crippen LogP contribution >= 0.6 is 11.3 Å². The standard InChI is InChI=1S/C29H38N4O5S/c1-5-29(12-22(35)13-29)28(38)32-23(10-17(2)3)27(37)33-15-21(34)11-24(33)26(36)30-14-19-6-8-20(9-7-19)25-18(4)31-16-39-25/h6-9,16-17,21,23-24,34H,5,10-15H2,1-4H3,(H,30,36)(H,32,38). The molecule has 1 saturated heterocycles. The minimum absolute atomic E-state index is 0.0295. The van der Waals surface area contributed by atoms with Gasteiger partial charge in [0.15, 0.2) is 0 Å². The molecule has 2 aliphatic rings. The van der Waals surface area contributed by atoms with Crippen LogP contribution in [0.3, 0.4) is 0 Å². The van der Waals surface area contributed by atoms with Crippen LogP contribution in [0.15, 0.2) is 29.8 Å². The zero-order chi connectivity index (χ0) is 28.3. The van der Waals surface area contributed by atoms with Gasteiger partial charge in [0, 0.05) is 32.4 Å². The lowest BCUT2D eigenvalue weighted by Gasteiger charge is -2.39. The molecule has 10 heteroatoms. The van der Waals surface area contributed by atoms with Crippen LogP contribution in [0.5, 0.6) is 0 Å². The van der Waals surface area contributed by atoms with Crippen LogP contribution in [0.4, 0.5) is 0 Å². The summed E-state index contributed by atoms with van der Waals surface area (Å²) in [4.78, 5) is 58.4. The molecule has 3 atom stereocenters. The zero-order valence-corrected chi connectivity index (χ0v) is 23.8. The molecule has 2 aromatic rings. The highest BCUT2D eigenvalue weighted by Gasteiger charge is 2.49. The third-order valence-electron chi connectivity index (χ3n) is 7.83. The number of thiazole rings is 1. The first kappa shape index (κ1) is 28.9.